The molecule has 7 nitrogen and oxygen atoms in total. The quantitative estimate of drug-likeness (QED) is 0.466. The highest BCUT2D eigenvalue weighted by Crippen LogP contribution is 2.35. The predicted molar refractivity (Wildman–Crippen MR) is 122 cm³/mol. The van der Waals surface area contributed by atoms with Crippen LogP contribution in [0.4, 0.5) is 10.7 Å². The van der Waals surface area contributed by atoms with Crippen LogP contribution in [0.2, 0.25) is 0 Å². The van der Waals surface area contributed by atoms with Crippen LogP contribution >= 0.6 is 11.5 Å². The van der Waals surface area contributed by atoms with Gasteiger partial charge in [0.15, 0.2) is 0 Å². The van der Waals surface area contributed by atoms with E-state index in [4.69, 9.17) is 15.5 Å². The number of nitrogen functional groups attached to an aromatic ring is 1. The third-order valence-electron chi connectivity index (χ3n) is 5.42. The van der Waals surface area contributed by atoms with E-state index >= 15 is 0 Å². The fraction of sp³-hybridized carbons (Fsp3) is 0.318. The van der Waals surface area contributed by atoms with Crippen molar-refractivity contribution in [3.63, 3.8) is 0 Å². The molecule has 1 aliphatic heterocycles. The predicted octanol–water partition coefficient (Wildman–Crippen LogP) is 3.47. The number of fused-ring (bicyclic) bond motifs is 1. The van der Waals surface area contributed by atoms with Gasteiger partial charge in [0.2, 0.25) is 5.91 Å². The lowest BCUT2D eigenvalue weighted by atomic mass is 9.98. The number of nitrogens with one attached hydrogen (secondary N) is 1. The van der Waals surface area contributed by atoms with Crippen molar-refractivity contribution in [3.8, 4) is 16.9 Å². The Morgan fingerprint density at radius 3 is 3.10 bits per heavy atom. The summed E-state index contributed by atoms with van der Waals surface area (Å²) in [4.78, 5) is 18.5. The maximum absolute atomic E-state index is 11.5. The van der Waals surface area contributed by atoms with Crippen LogP contribution in [0.1, 0.15) is 12.8 Å². The number of carbonyl (C=O) groups excluding carboxylic acids is 1. The molecule has 30 heavy (non-hydrogen) atoms. The minimum atomic E-state index is -0.121. The minimum absolute atomic E-state index is 0.121. The standard InChI is InChI=1S/C22H25N5O2S/c1-3-20(28)24-11-14-5-4-8-27(13-14)22-21-18(26-30-22)9-16(12-25-21)15-6-7-17(23)19(10-15)29-2/h3,6-7,9-10,12,14H,1,4-5,8,11,13,23H2,2H3,(H,24,28). The zero-order valence-corrected chi connectivity index (χ0v) is 17.7. The molecule has 0 spiro atoms. The van der Waals surface area contributed by atoms with Crippen molar-refractivity contribution in [2.45, 2.75) is 12.8 Å². The van der Waals surface area contributed by atoms with Crippen LogP contribution in [0.5, 0.6) is 5.75 Å². The molecule has 0 aliphatic carbocycles. The number of amides is 1. The molecule has 1 unspecified atom stereocenters. The first-order valence-electron chi connectivity index (χ1n) is 9.93. The third kappa shape index (κ3) is 4.09. The van der Waals surface area contributed by atoms with Crippen LogP contribution in [0.15, 0.2) is 43.1 Å². The molecule has 1 fully saturated rings. The Bertz CT molecular complexity index is 1080. The fourth-order valence-electron chi connectivity index (χ4n) is 3.81. The van der Waals surface area contributed by atoms with Gasteiger partial charge in [-0.15, -0.1) is 0 Å². The zero-order chi connectivity index (χ0) is 21.1. The number of carbonyl (C=O) groups is 1. The number of rotatable bonds is 6. The second-order valence-electron chi connectivity index (χ2n) is 7.44. The molecular weight excluding hydrogens is 398 g/mol. The van der Waals surface area contributed by atoms with Gasteiger partial charge in [0.05, 0.1) is 12.8 Å². The second kappa shape index (κ2) is 8.71. The van der Waals surface area contributed by atoms with Gasteiger partial charge in [0.1, 0.15) is 21.8 Å². The molecule has 0 radical (unpaired) electrons. The molecule has 0 bridgehead atoms. The van der Waals surface area contributed by atoms with Crippen LogP contribution in [0.25, 0.3) is 22.2 Å². The summed E-state index contributed by atoms with van der Waals surface area (Å²) < 4.78 is 9.98. The molecule has 1 amide bonds. The van der Waals surface area contributed by atoms with Crippen LogP contribution in [0, 0.1) is 5.92 Å². The molecule has 1 saturated heterocycles. The van der Waals surface area contributed by atoms with Gasteiger partial charge >= 0.3 is 0 Å². The van der Waals surface area contributed by atoms with Gasteiger partial charge in [0, 0.05) is 31.4 Å². The van der Waals surface area contributed by atoms with Gasteiger partial charge in [0.25, 0.3) is 0 Å². The van der Waals surface area contributed by atoms with E-state index in [9.17, 15) is 4.79 Å². The minimum Gasteiger partial charge on any atom is -0.495 e. The molecule has 156 valence electrons. The van der Waals surface area contributed by atoms with Crippen molar-refractivity contribution in [1.29, 1.82) is 0 Å². The van der Waals surface area contributed by atoms with Gasteiger partial charge in [-0.1, -0.05) is 12.6 Å². The van der Waals surface area contributed by atoms with E-state index in [1.54, 1.807) is 7.11 Å². The number of anilines is 2. The number of benzene rings is 1. The molecule has 3 heterocycles. The van der Waals surface area contributed by atoms with E-state index in [0.717, 1.165) is 53.1 Å². The lowest BCUT2D eigenvalue weighted by molar-refractivity contribution is -0.116. The normalized spacial score (nSPS) is 16.4. The number of hydrogen-bond donors (Lipinski definition) is 2. The average molecular weight is 424 g/mol. The van der Waals surface area contributed by atoms with E-state index in [-0.39, 0.29) is 5.91 Å². The summed E-state index contributed by atoms with van der Waals surface area (Å²) in [6.45, 7) is 6.02. The number of piperidine rings is 1. The Hall–Kier alpha value is -3.13. The molecule has 0 saturated carbocycles. The first-order chi connectivity index (χ1) is 14.6. The van der Waals surface area contributed by atoms with Crippen molar-refractivity contribution in [2.24, 2.45) is 5.92 Å². The highest BCUT2D eigenvalue weighted by atomic mass is 32.1. The maximum atomic E-state index is 11.5. The average Bonchev–Trinajstić information content (AvgIpc) is 3.21. The monoisotopic (exact) mass is 423 g/mol. The summed E-state index contributed by atoms with van der Waals surface area (Å²) in [7, 11) is 1.61. The molecule has 4 rings (SSSR count). The third-order valence-corrected chi connectivity index (χ3v) is 6.34. The summed E-state index contributed by atoms with van der Waals surface area (Å²) in [5.41, 5.74) is 10.3. The maximum Gasteiger partial charge on any atom is 0.243 e. The van der Waals surface area contributed by atoms with Crippen molar-refractivity contribution in [1.82, 2.24) is 14.7 Å². The molecule has 3 aromatic rings. The number of nitrogens with zero attached hydrogens (tertiary/aromatic N) is 3. The molecule has 1 atom stereocenters. The molecule has 2 aromatic heterocycles. The largest absolute Gasteiger partial charge is 0.495 e. The lowest BCUT2D eigenvalue weighted by Crippen LogP contribution is -2.40. The van der Waals surface area contributed by atoms with Crippen molar-refractivity contribution >= 4 is 39.2 Å². The van der Waals surface area contributed by atoms with Crippen molar-refractivity contribution < 1.29 is 9.53 Å². The van der Waals surface area contributed by atoms with Crippen LogP contribution in [0.3, 0.4) is 0 Å². The van der Waals surface area contributed by atoms with E-state index in [2.05, 4.69) is 27.2 Å². The Kier molecular flexibility index (Phi) is 5.85. The number of methoxy groups -OCH3 is 1. The van der Waals surface area contributed by atoms with Crippen LogP contribution < -0.4 is 20.7 Å². The highest BCUT2D eigenvalue weighted by molar-refractivity contribution is 7.11. The number of nitrogens with two attached hydrogens (primary N) is 1. The van der Waals surface area contributed by atoms with Gasteiger partial charge in [-0.3, -0.25) is 9.78 Å². The summed E-state index contributed by atoms with van der Waals surface area (Å²) in [5.74, 6) is 0.930. The SMILES string of the molecule is C=CC(=O)NCC1CCCN(c2snc3cc(-c4ccc(N)c(OC)c4)cnc23)C1. The van der Waals surface area contributed by atoms with Gasteiger partial charge in [-0.05, 0) is 60.1 Å². The number of ether oxygens (including phenoxy) is 1. The van der Waals surface area contributed by atoms with Gasteiger partial charge in [-0.2, -0.15) is 4.37 Å². The fourth-order valence-corrected chi connectivity index (χ4v) is 4.66. The van der Waals surface area contributed by atoms with E-state index in [1.807, 2.05) is 24.4 Å². The van der Waals surface area contributed by atoms with Gasteiger partial charge < -0.3 is 20.7 Å². The Balaban J connectivity index is 1.55. The molecule has 1 aliphatic rings. The molecular formula is C22H25N5O2S. The Labute approximate surface area is 179 Å². The first-order valence-corrected chi connectivity index (χ1v) is 10.7. The number of pyridine rings is 1. The second-order valence-corrected chi connectivity index (χ2v) is 8.19. The zero-order valence-electron chi connectivity index (χ0n) is 16.9. The van der Waals surface area contributed by atoms with Crippen molar-refractivity contribution in [3.05, 3.63) is 43.1 Å². The highest BCUT2D eigenvalue weighted by Gasteiger charge is 2.24. The lowest BCUT2D eigenvalue weighted by Gasteiger charge is -2.33. The van der Waals surface area contributed by atoms with Crippen molar-refractivity contribution in [2.75, 3.05) is 37.4 Å². The molecule has 3 N–H and O–H groups in total. The number of hydrogen-bond acceptors (Lipinski definition) is 7. The Morgan fingerprint density at radius 1 is 1.43 bits per heavy atom. The Morgan fingerprint density at radius 2 is 2.30 bits per heavy atom. The van der Waals surface area contributed by atoms with E-state index < -0.39 is 0 Å². The summed E-state index contributed by atoms with van der Waals surface area (Å²) in [6.07, 6.45) is 5.37. The first kappa shape index (κ1) is 20.2. The van der Waals surface area contributed by atoms with Crippen LogP contribution in [-0.2, 0) is 4.79 Å². The van der Waals surface area contributed by atoms with E-state index in [0.29, 0.717) is 23.9 Å². The summed E-state index contributed by atoms with van der Waals surface area (Å²) >= 11 is 1.48. The summed E-state index contributed by atoms with van der Waals surface area (Å²) in [5, 5.41) is 4.00. The van der Waals surface area contributed by atoms with Crippen LogP contribution in [-0.4, -0.2) is 42.0 Å². The van der Waals surface area contributed by atoms with E-state index in [1.165, 1.54) is 17.6 Å². The van der Waals surface area contributed by atoms with Gasteiger partial charge in [-0.25, -0.2) is 0 Å². The number of aromatic nitrogens is 2. The molecule has 1 aromatic carbocycles. The summed E-state index contributed by atoms with van der Waals surface area (Å²) in [6, 6.07) is 7.77. The smallest absolute Gasteiger partial charge is 0.243 e. The topological polar surface area (TPSA) is 93.4 Å². The molecule has 8 heteroatoms.